The van der Waals surface area contributed by atoms with Crippen LogP contribution in [0, 0.1) is 13.8 Å². The summed E-state index contributed by atoms with van der Waals surface area (Å²) in [6.07, 6.45) is 2.15. The van der Waals surface area contributed by atoms with Crippen molar-refractivity contribution in [2.75, 3.05) is 0 Å². The molecule has 0 fully saturated rings. The van der Waals surface area contributed by atoms with Crippen LogP contribution in [0.4, 0.5) is 0 Å². The van der Waals surface area contributed by atoms with Crippen molar-refractivity contribution in [1.29, 1.82) is 0 Å². The predicted octanol–water partition coefficient (Wildman–Crippen LogP) is 3.51. The molecule has 0 aliphatic rings. The third-order valence-corrected chi connectivity index (χ3v) is 4.95. The van der Waals surface area contributed by atoms with Gasteiger partial charge < -0.3 is 4.74 Å². The lowest BCUT2D eigenvalue weighted by Gasteiger charge is -2.10. The van der Waals surface area contributed by atoms with Crippen LogP contribution in [0.3, 0.4) is 0 Å². The average molecular weight is 400 g/mol. The Kier molecular flexibility index (Phi) is 5.34. The zero-order valence-corrected chi connectivity index (χ0v) is 16.7. The normalized spacial score (nSPS) is 10.9. The van der Waals surface area contributed by atoms with Crippen molar-refractivity contribution in [3.63, 3.8) is 0 Å². The van der Waals surface area contributed by atoms with Crippen LogP contribution in [0.2, 0.25) is 0 Å². The number of aromatic nitrogens is 4. The summed E-state index contributed by atoms with van der Waals surface area (Å²) < 4.78 is 7.09. The van der Waals surface area contributed by atoms with Crippen LogP contribution >= 0.6 is 0 Å². The zero-order valence-electron chi connectivity index (χ0n) is 16.7. The van der Waals surface area contributed by atoms with Gasteiger partial charge in [-0.15, -0.1) is 0 Å². The number of hydrogen-bond donors (Lipinski definition) is 0. The van der Waals surface area contributed by atoms with E-state index < -0.39 is 0 Å². The number of hydrogen-bond acceptors (Lipinski definition) is 6. The molecule has 0 radical (unpaired) electrons. The summed E-state index contributed by atoms with van der Waals surface area (Å²) in [5, 5.41) is 4.16. The van der Waals surface area contributed by atoms with Crippen LogP contribution in [0.1, 0.15) is 39.3 Å². The lowest BCUT2D eigenvalue weighted by molar-refractivity contribution is -0.134. The van der Waals surface area contributed by atoms with Gasteiger partial charge in [-0.3, -0.25) is 9.59 Å². The van der Waals surface area contributed by atoms with Gasteiger partial charge in [-0.2, -0.15) is 10.1 Å². The van der Waals surface area contributed by atoms with E-state index >= 15 is 0 Å². The molecule has 2 aromatic heterocycles. The molecule has 0 amide bonds. The molecule has 0 spiro atoms. The van der Waals surface area contributed by atoms with Crippen molar-refractivity contribution < 1.29 is 14.3 Å². The van der Waals surface area contributed by atoms with E-state index in [-0.39, 0.29) is 18.2 Å². The summed E-state index contributed by atoms with van der Waals surface area (Å²) in [6, 6.07) is 15.6. The van der Waals surface area contributed by atoms with Gasteiger partial charge in [-0.25, -0.2) is 9.50 Å². The summed E-state index contributed by atoms with van der Waals surface area (Å²) in [7, 11) is 0. The number of esters is 1. The standard InChI is InChI=1S/C23H20N4O3/c1-15-20(16(2)27-23(26-15)24-14-25-27)12-13-21(28)30-19-10-8-18(9-11-19)22(29)17-6-4-3-5-7-17/h3-11,14H,12-13H2,1-2H3. The molecule has 150 valence electrons. The number of fused-ring (bicyclic) bond motifs is 1. The SMILES string of the molecule is Cc1nc2ncnn2c(C)c1CCC(=O)Oc1ccc(C(=O)c2ccccc2)cc1. The van der Waals surface area contributed by atoms with Crippen molar-refractivity contribution in [2.45, 2.75) is 26.7 Å². The topological polar surface area (TPSA) is 86.4 Å². The predicted molar refractivity (Wildman–Crippen MR) is 111 cm³/mol. The molecule has 0 saturated carbocycles. The first-order valence-electron chi connectivity index (χ1n) is 9.59. The van der Waals surface area contributed by atoms with Gasteiger partial charge in [0.25, 0.3) is 5.78 Å². The average Bonchev–Trinajstić information content (AvgIpc) is 3.23. The van der Waals surface area contributed by atoms with E-state index in [4.69, 9.17) is 4.74 Å². The van der Waals surface area contributed by atoms with Gasteiger partial charge in [0.1, 0.15) is 12.1 Å². The number of benzene rings is 2. The number of carbonyl (C=O) groups excluding carboxylic acids is 2. The molecule has 4 rings (SSSR count). The van der Waals surface area contributed by atoms with Gasteiger partial charge in [0, 0.05) is 22.5 Å². The highest BCUT2D eigenvalue weighted by Gasteiger charge is 2.14. The first-order chi connectivity index (χ1) is 14.5. The van der Waals surface area contributed by atoms with E-state index in [0.29, 0.717) is 29.1 Å². The minimum atomic E-state index is -0.352. The lowest BCUT2D eigenvalue weighted by Crippen LogP contribution is -2.12. The number of nitrogens with zero attached hydrogens (tertiary/aromatic N) is 4. The number of ketones is 1. The second-order valence-electron chi connectivity index (χ2n) is 6.93. The summed E-state index contributed by atoms with van der Waals surface area (Å²) in [6.45, 7) is 3.82. The molecule has 7 heteroatoms. The molecule has 4 aromatic rings. The van der Waals surface area contributed by atoms with E-state index in [1.807, 2.05) is 32.0 Å². The maximum atomic E-state index is 12.5. The Bertz CT molecular complexity index is 1210. The number of carbonyl (C=O) groups is 2. The molecule has 0 aliphatic carbocycles. The second kappa shape index (κ2) is 8.24. The second-order valence-corrected chi connectivity index (χ2v) is 6.93. The molecule has 2 heterocycles. The minimum absolute atomic E-state index is 0.0737. The maximum absolute atomic E-state index is 12.5. The minimum Gasteiger partial charge on any atom is -0.427 e. The molecule has 0 unspecified atom stereocenters. The van der Waals surface area contributed by atoms with Crippen LogP contribution in [0.25, 0.3) is 5.78 Å². The molecule has 0 N–H and O–H groups in total. The van der Waals surface area contributed by atoms with Gasteiger partial charge in [0.05, 0.1) is 6.42 Å². The molecule has 0 aliphatic heterocycles. The van der Waals surface area contributed by atoms with Crippen LogP contribution < -0.4 is 4.74 Å². The largest absolute Gasteiger partial charge is 0.427 e. The number of rotatable bonds is 6. The van der Waals surface area contributed by atoms with Gasteiger partial charge in [0.2, 0.25) is 0 Å². The molecule has 0 saturated heterocycles. The fraction of sp³-hybridized carbons (Fsp3) is 0.174. The Balaban J connectivity index is 1.39. The van der Waals surface area contributed by atoms with Gasteiger partial charge >= 0.3 is 5.97 Å². The van der Waals surface area contributed by atoms with Gasteiger partial charge in [-0.05, 0) is 50.1 Å². The summed E-state index contributed by atoms with van der Waals surface area (Å²) in [5.41, 5.74) is 3.84. The number of ether oxygens (including phenoxy) is 1. The zero-order chi connectivity index (χ0) is 21.1. The third kappa shape index (κ3) is 3.96. The Morgan fingerprint density at radius 1 is 0.967 bits per heavy atom. The van der Waals surface area contributed by atoms with Crippen molar-refractivity contribution in [3.05, 3.63) is 89.0 Å². The van der Waals surface area contributed by atoms with Crippen molar-refractivity contribution in [3.8, 4) is 5.75 Å². The Morgan fingerprint density at radius 3 is 2.40 bits per heavy atom. The summed E-state index contributed by atoms with van der Waals surface area (Å²) in [5.74, 6) is 0.523. The Labute approximate surface area is 173 Å². The third-order valence-electron chi connectivity index (χ3n) is 4.95. The highest BCUT2D eigenvalue weighted by atomic mass is 16.5. The molecule has 2 aromatic carbocycles. The van der Waals surface area contributed by atoms with Crippen LogP contribution in [-0.4, -0.2) is 31.3 Å². The number of aryl methyl sites for hydroxylation is 2. The van der Waals surface area contributed by atoms with Gasteiger partial charge in [0.15, 0.2) is 5.78 Å². The first-order valence-corrected chi connectivity index (χ1v) is 9.59. The van der Waals surface area contributed by atoms with Crippen molar-refractivity contribution >= 4 is 17.5 Å². The fourth-order valence-corrected chi connectivity index (χ4v) is 3.36. The van der Waals surface area contributed by atoms with E-state index in [2.05, 4.69) is 15.1 Å². The highest BCUT2D eigenvalue weighted by Crippen LogP contribution is 2.18. The molecule has 0 bridgehead atoms. The highest BCUT2D eigenvalue weighted by molar-refractivity contribution is 6.09. The Morgan fingerprint density at radius 2 is 1.67 bits per heavy atom. The summed E-state index contributed by atoms with van der Waals surface area (Å²) >= 11 is 0. The quantitative estimate of drug-likeness (QED) is 0.280. The van der Waals surface area contributed by atoms with Crippen LogP contribution in [0.5, 0.6) is 5.75 Å². The molecule has 30 heavy (non-hydrogen) atoms. The van der Waals surface area contributed by atoms with E-state index in [1.54, 1.807) is 40.9 Å². The smallest absolute Gasteiger partial charge is 0.311 e. The fourth-order valence-electron chi connectivity index (χ4n) is 3.36. The van der Waals surface area contributed by atoms with E-state index in [9.17, 15) is 9.59 Å². The van der Waals surface area contributed by atoms with E-state index in [0.717, 1.165) is 17.0 Å². The van der Waals surface area contributed by atoms with Crippen LogP contribution in [-0.2, 0) is 11.2 Å². The Hall–Kier alpha value is -3.87. The lowest BCUT2D eigenvalue weighted by atomic mass is 10.0. The molecule has 0 atom stereocenters. The van der Waals surface area contributed by atoms with E-state index in [1.165, 1.54) is 6.33 Å². The van der Waals surface area contributed by atoms with Crippen LogP contribution in [0.15, 0.2) is 60.9 Å². The van der Waals surface area contributed by atoms with Crippen molar-refractivity contribution in [2.24, 2.45) is 0 Å². The molecular formula is C23H20N4O3. The monoisotopic (exact) mass is 400 g/mol. The molecule has 7 nitrogen and oxygen atoms in total. The summed E-state index contributed by atoms with van der Waals surface area (Å²) in [4.78, 5) is 33.3. The maximum Gasteiger partial charge on any atom is 0.311 e. The van der Waals surface area contributed by atoms with Crippen molar-refractivity contribution in [1.82, 2.24) is 19.6 Å². The first kappa shape index (κ1) is 19.4. The van der Waals surface area contributed by atoms with Gasteiger partial charge in [-0.1, -0.05) is 30.3 Å². The molecular weight excluding hydrogens is 380 g/mol.